The Bertz CT molecular complexity index is 181. The van der Waals surface area contributed by atoms with Crippen molar-refractivity contribution >= 4 is 27.2 Å². The standard InChI is InChI=1S/C4H4O4.Al.FH/c5-3(6)1-2-4(7)8;;/h1-2H,(H,5,6)(H,7,8);;1H/q;+3;/p-3. The third kappa shape index (κ3) is 1.83. The summed E-state index contributed by atoms with van der Waals surface area (Å²) in [5.41, 5.74) is 0. The number of hydrogen-bond donors (Lipinski definition) is 0. The van der Waals surface area contributed by atoms with Crippen LogP contribution in [-0.4, -0.2) is 27.2 Å². The molecule has 0 radical (unpaired) electrons. The monoisotopic (exact) mass is 160 g/mol. The molecule has 0 aliphatic carbocycles. The minimum atomic E-state index is -3.52. The van der Waals surface area contributed by atoms with Crippen LogP contribution in [0.25, 0.3) is 0 Å². The molecule has 0 spiro atoms. The van der Waals surface area contributed by atoms with E-state index in [1.165, 1.54) is 0 Å². The lowest BCUT2D eigenvalue weighted by molar-refractivity contribution is -0.133. The molecule has 0 aromatic heterocycles. The highest BCUT2D eigenvalue weighted by atomic mass is 27.3. The number of carbonyl (C=O) groups excluding carboxylic acids is 2. The molecule has 0 saturated carbocycles. The van der Waals surface area contributed by atoms with Crippen molar-refractivity contribution in [3.8, 4) is 0 Å². The van der Waals surface area contributed by atoms with Crippen LogP contribution in [0.3, 0.4) is 0 Å². The summed E-state index contributed by atoms with van der Waals surface area (Å²) in [5, 5.41) is 0. The molecule has 4 nitrogen and oxygen atoms in total. The lowest BCUT2D eigenvalue weighted by atomic mass is 10.5. The second-order valence-corrected chi connectivity index (χ2v) is 2.50. The summed E-state index contributed by atoms with van der Waals surface area (Å²) >= 11 is -3.52. The molecule has 0 bridgehead atoms. The van der Waals surface area contributed by atoms with Gasteiger partial charge in [0.25, 0.3) is 11.9 Å². The molecule has 0 atom stereocenters. The summed E-state index contributed by atoms with van der Waals surface area (Å²) in [6.07, 6.45) is 1.66. The van der Waals surface area contributed by atoms with Crippen LogP contribution in [0.5, 0.6) is 0 Å². The van der Waals surface area contributed by atoms with Crippen molar-refractivity contribution < 1.29 is 20.7 Å². The molecule has 0 aromatic rings. The molecule has 0 amide bonds. The maximum Gasteiger partial charge on any atom is 1.15 e. The van der Waals surface area contributed by atoms with Gasteiger partial charge in [-0.15, -0.1) is 0 Å². The van der Waals surface area contributed by atoms with Crippen molar-refractivity contribution in [3.63, 3.8) is 0 Å². The number of halogens is 1. The van der Waals surface area contributed by atoms with Crippen molar-refractivity contribution in [2.75, 3.05) is 0 Å². The topological polar surface area (TPSA) is 52.6 Å². The Morgan fingerprint density at radius 3 is 2.00 bits per heavy atom. The average molecular weight is 160 g/mol. The van der Waals surface area contributed by atoms with E-state index < -0.39 is 27.2 Å². The Morgan fingerprint density at radius 2 is 1.60 bits per heavy atom. The van der Waals surface area contributed by atoms with Crippen molar-refractivity contribution in [3.05, 3.63) is 12.2 Å². The Labute approximate surface area is 60.8 Å². The molecule has 1 aliphatic heterocycles. The van der Waals surface area contributed by atoms with Crippen molar-refractivity contribution in [1.29, 1.82) is 0 Å². The zero-order valence-corrected chi connectivity index (χ0v) is 5.90. The van der Waals surface area contributed by atoms with E-state index in [9.17, 15) is 13.1 Å². The fourth-order valence-electron chi connectivity index (χ4n) is 0.421. The van der Waals surface area contributed by atoms with Crippen molar-refractivity contribution in [2.24, 2.45) is 0 Å². The van der Waals surface area contributed by atoms with Gasteiger partial charge in [0.2, 0.25) is 0 Å². The predicted octanol–water partition coefficient (Wildman–Crippen LogP) is -0.403. The lowest BCUT2D eigenvalue weighted by Crippen LogP contribution is -2.20. The Hall–Kier alpha value is -0.858. The minimum Gasteiger partial charge on any atom is -0.555 e. The van der Waals surface area contributed by atoms with Gasteiger partial charge < -0.3 is 11.1 Å². The molecule has 0 saturated heterocycles. The second kappa shape index (κ2) is 2.82. The summed E-state index contributed by atoms with van der Waals surface area (Å²) in [7, 11) is 0. The summed E-state index contributed by atoms with van der Waals surface area (Å²) < 4.78 is 20.1. The van der Waals surface area contributed by atoms with Crippen LogP contribution in [0.4, 0.5) is 3.52 Å². The molecule has 0 N–H and O–H groups in total. The summed E-state index contributed by atoms with van der Waals surface area (Å²) in [6, 6.07) is 0. The van der Waals surface area contributed by atoms with Crippen LogP contribution >= 0.6 is 0 Å². The first-order valence-corrected chi connectivity index (χ1v) is 3.80. The molecule has 1 heterocycles. The summed E-state index contributed by atoms with van der Waals surface area (Å²) in [5.74, 6) is -1.74. The first-order chi connectivity index (χ1) is 4.68. The molecular weight excluding hydrogens is 158 g/mol. The number of rotatable bonds is 0. The van der Waals surface area contributed by atoms with E-state index in [1.54, 1.807) is 0 Å². The van der Waals surface area contributed by atoms with E-state index in [-0.39, 0.29) is 0 Å². The maximum absolute atomic E-state index is 12.2. The quantitative estimate of drug-likeness (QED) is 0.452. The van der Waals surface area contributed by atoms with Gasteiger partial charge in [-0.25, -0.2) is 0 Å². The predicted molar refractivity (Wildman–Crippen MR) is 28.2 cm³/mol. The zero-order valence-electron chi connectivity index (χ0n) is 4.74. The summed E-state index contributed by atoms with van der Waals surface area (Å²) in [4.78, 5) is 20.6. The minimum absolute atomic E-state index is 0.828. The van der Waals surface area contributed by atoms with Gasteiger partial charge in [0.05, 0.1) is 0 Å². The molecule has 1 aliphatic rings. The van der Waals surface area contributed by atoms with E-state index in [0.29, 0.717) is 0 Å². The van der Waals surface area contributed by atoms with Gasteiger partial charge in [0.15, 0.2) is 0 Å². The fourth-order valence-corrected chi connectivity index (χ4v) is 0.992. The van der Waals surface area contributed by atoms with E-state index in [4.69, 9.17) is 0 Å². The third-order valence-corrected chi connectivity index (χ3v) is 1.61. The van der Waals surface area contributed by atoms with Crippen molar-refractivity contribution in [1.82, 2.24) is 0 Å². The third-order valence-electron chi connectivity index (χ3n) is 0.773. The summed E-state index contributed by atoms with van der Waals surface area (Å²) in [6.45, 7) is 0. The molecule has 10 heavy (non-hydrogen) atoms. The highest BCUT2D eigenvalue weighted by Crippen LogP contribution is 1.99. The average Bonchev–Trinajstić information content (AvgIpc) is 1.93. The van der Waals surface area contributed by atoms with Gasteiger partial charge in [-0.3, -0.25) is 9.59 Å². The maximum atomic E-state index is 12.2. The lowest BCUT2D eigenvalue weighted by Gasteiger charge is -1.97. The molecule has 0 aromatic carbocycles. The number of hydrogen-bond acceptors (Lipinski definition) is 4. The molecule has 0 unspecified atom stereocenters. The SMILES string of the molecule is O=C1C=CC(=O)[O][Al]([F])[O]1. The smallest absolute Gasteiger partial charge is 0.555 e. The van der Waals surface area contributed by atoms with Crippen LogP contribution in [-0.2, 0) is 17.2 Å². The van der Waals surface area contributed by atoms with Crippen LogP contribution < -0.4 is 0 Å². The Kier molecular flexibility index (Phi) is 2.04. The van der Waals surface area contributed by atoms with E-state index in [2.05, 4.69) is 7.58 Å². The van der Waals surface area contributed by atoms with E-state index >= 15 is 0 Å². The first kappa shape index (κ1) is 7.25. The van der Waals surface area contributed by atoms with Crippen LogP contribution in [0.2, 0.25) is 0 Å². The number of carbonyl (C=O) groups is 2. The first-order valence-electron chi connectivity index (χ1n) is 2.42. The fraction of sp³-hybridized carbons (Fsp3) is 0. The van der Waals surface area contributed by atoms with Gasteiger partial charge in [-0.2, -0.15) is 0 Å². The highest BCUT2D eigenvalue weighted by molar-refractivity contribution is 6.42. The molecular formula is C4H2AlFO4. The molecule has 1 rings (SSSR count). The van der Waals surface area contributed by atoms with E-state index in [0.717, 1.165) is 12.2 Å². The zero-order chi connectivity index (χ0) is 7.56. The highest BCUT2D eigenvalue weighted by Gasteiger charge is 2.42. The molecule has 0 fully saturated rings. The Balaban J connectivity index is 2.69. The van der Waals surface area contributed by atoms with Crippen LogP contribution in [0.1, 0.15) is 0 Å². The molecule has 6 heteroatoms. The second-order valence-electron chi connectivity index (χ2n) is 1.48. The van der Waals surface area contributed by atoms with Crippen molar-refractivity contribution in [2.45, 2.75) is 0 Å². The Morgan fingerprint density at radius 1 is 1.20 bits per heavy atom. The van der Waals surface area contributed by atoms with Gasteiger partial charge in [0.1, 0.15) is 0 Å². The van der Waals surface area contributed by atoms with Crippen LogP contribution in [0.15, 0.2) is 12.2 Å². The van der Waals surface area contributed by atoms with Gasteiger partial charge >= 0.3 is 15.3 Å². The van der Waals surface area contributed by atoms with Gasteiger partial charge in [-0.1, -0.05) is 0 Å². The van der Waals surface area contributed by atoms with Gasteiger partial charge in [-0.05, 0) is 0 Å². The molecule has 52 valence electrons. The largest absolute Gasteiger partial charge is 1.15 e. The van der Waals surface area contributed by atoms with E-state index in [1.807, 2.05) is 0 Å². The normalized spacial score (nSPS) is 17.9. The van der Waals surface area contributed by atoms with Gasteiger partial charge in [0, 0.05) is 12.2 Å². The van der Waals surface area contributed by atoms with Crippen LogP contribution in [0, 0.1) is 0 Å².